The van der Waals surface area contributed by atoms with Crippen LogP contribution in [0.4, 0.5) is 16.0 Å². The molecule has 1 heterocycles. The number of anilines is 2. The lowest BCUT2D eigenvalue weighted by Gasteiger charge is -2.10. The van der Waals surface area contributed by atoms with Crippen LogP contribution in [0.2, 0.25) is 0 Å². The van der Waals surface area contributed by atoms with Gasteiger partial charge in [0.05, 0.1) is 4.90 Å². The smallest absolute Gasteiger partial charge is 0.263 e. The Bertz CT molecular complexity index is 1050. The van der Waals surface area contributed by atoms with Crippen molar-refractivity contribution >= 4 is 21.7 Å². The summed E-state index contributed by atoms with van der Waals surface area (Å²) in [5.74, 6) is 0.120. The molecule has 0 saturated carbocycles. The van der Waals surface area contributed by atoms with E-state index in [1.54, 1.807) is 6.07 Å². The summed E-state index contributed by atoms with van der Waals surface area (Å²) in [4.78, 5) is -0.00699. The molecule has 0 aliphatic rings. The van der Waals surface area contributed by atoms with Crippen LogP contribution in [0.25, 0.3) is 0 Å². The number of hydrogen-bond donors (Lipinski definition) is 2. The normalized spacial score (nSPS) is 11.2. The van der Waals surface area contributed by atoms with Crippen LogP contribution >= 0.6 is 0 Å². The van der Waals surface area contributed by atoms with Crippen molar-refractivity contribution in [1.29, 1.82) is 0 Å². The fraction of sp³-hybridized carbons (Fsp3) is 0.158. The zero-order valence-electron chi connectivity index (χ0n) is 14.9. The Morgan fingerprint density at radius 2 is 1.63 bits per heavy atom. The first-order valence-corrected chi connectivity index (χ1v) is 9.74. The summed E-state index contributed by atoms with van der Waals surface area (Å²) in [5.41, 5.74) is 2.61. The summed E-state index contributed by atoms with van der Waals surface area (Å²) in [7, 11) is -3.87. The molecular weight excluding hydrogens is 367 g/mol. The van der Waals surface area contributed by atoms with Crippen LogP contribution in [-0.4, -0.2) is 18.6 Å². The molecule has 0 unspecified atom stereocenters. The molecule has 0 saturated heterocycles. The van der Waals surface area contributed by atoms with E-state index in [0.29, 0.717) is 17.9 Å². The molecule has 0 atom stereocenters. The van der Waals surface area contributed by atoms with Crippen LogP contribution in [0.15, 0.2) is 59.5 Å². The molecule has 6 nitrogen and oxygen atoms in total. The summed E-state index contributed by atoms with van der Waals surface area (Å²) in [6, 6.07) is 14.6. The highest BCUT2D eigenvalue weighted by molar-refractivity contribution is 7.92. The Morgan fingerprint density at radius 1 is 0.926 bits per heavy atom. The molecule has 3 aromatic rings. The van der Waals surface area contributed by atoms with Crippen molar-refractivity contribution in [2.24, 2.45) is 0 Å². The number of benzene rings is 2. The quantitative estimate of drug-likeness (QED) is 0.676. The number of aryl methyl sites for hydroxylation is 2. The van der Waals surface area contributed by atoms with Crippen molar-refractivity contribution in [3.05, 3.63) is 77.1 Å². The number of nitrogens with zero attached hydrogens (tertiary/aromatic N) is 2. The minimum Gasteiger partial charge on any atom is -0.364 e. The summed E-state index contributed by atoms with van der Waals surface area (Å²) in [5, 5.41) is 11.0. The number of aromatic nitrogens is 2. The predicted octanol–water partition coefficient (Wildman–Crippen LogP) is 3.65. The molecule has 0 aliphatic carbocycles. The average Bonchev–Trinajstić information content (AvgIpc) is 2.61. The van der Waals surface area contributed by atoms with Crippen molar-refractivity contribution < 1.29 is 12.8 Å². The van der Waals surface area contributed by atoms with Gasteiger partial charge in [-0.15, -0.1) is 10.2 Å². The monoisotopic (exact) mass is 386 g/mol. The van der Waals surface area contributed by atoms with Crippen molar-refractivity contribution in [3.8, 4) is 0 Å². The Hall–Kier alpha value is -3.00. The molecule has 0 fully saturated rings. The number of sulfonamides is 1. The largest absolute Gasteiger partial charge is 0.364 e. The van der Waals surface area contributed by atoms with Crippen LogP contribution in [0.5, 0.6) is 0 Å². The van der Waals surface area contributed by atoms with E-state index in [9.17, 15) is 12.8 Å². The Labute approximate surface area is 157 Å². The molecule has 140 valence electrons. The summed E-state index contributed by atoms with van der Waals surface area (Å²) < 4.78 is 40.4. The molecule has 0 radical (unpaired) electrons. The topological polar surface area (TPSA) is 84.0 Å². The molecule has 2 aromatic carbocycles. The third-order valence-corrected chi connectivity index (χ3v) is 5.57. The van der Waals surface area contributed by atoms with E-state index in [1.807, 2.05) is 31.2 Å². The third-order valence-electron chi connectivity index (χ3n) is 4.05. The number of rotatable bonds is 6. The number of hydrogen-bond acceptors (Lipinski definition) is 5. The van der Waals surface area contributed by atoms with Gasteiger partial charge in [0.1, 0.15) is 11.6 Å². The third kappa shape index (κ3) is 4.59. The van der Waals surface area contributed by atoms with Gasteiger partial charge >= 0.3 is 0 Å². The highest BCUT2D eigenvalue weighted by atomic mass is 32.2. The van der Waals surface area contributed by atoms with E-state index in [0.717, 1.165) is 17.2 Å². The van der Waals surface area contributed by atoms with E-state index >= 15 is 0 Å². The van der Waals surface area contributed by atoms with E-state index < -0.39 is 15.8 Å². The highest BCUT2D eigenvalue weighted by Gasteiger charge is 2.18. The predicted molar refractivity (Wildman–Crippen MR) is 102 cm³/mol. The Morgan fingerprint density at radius 3 is 2.30 bits per heavy atom. The minimum atomic E-state index is -3.87. The van der Waals surface area contributed by atoms with Gasteiger partial charge in [-0.05, 0) is 60.9 Å². The first-order chi connectivity index (χ1) is 12.8. The second-order valence-corrected chi connectivity index (χ2v) is 7.75. The van der Waals surface area contributed by atoms with Gasteiger partial charge in [-0.3, -0.25) is 4.72 Å². The lowest BCUT2D eigenvalue weighted by atomic mass is 10.1. The zero-order chi connectivity index (χ0) is 19.4. The van der Waals surface area contributed by atoms with Crippen molar-refractivity contribution in [2.75, 3.05) is 10.0 Å². The van der Waals surface area contributed by atoms with Gasteiger partial charge < -0.3 is 5.32 Å². The maximum atomic E-state index is 13.2. The molecule has 8 heteroatoms. The second kappa shape index (κ2) is 7.71. The molecule has 0 amide bonds. The average molecular weight is 386 g/mol. The van der Waals surface area contributed by atoms with Gasteiger partial charge in [-0.2, -0.15) is 0 Å². The van der Waals surface area contributed by atoms with E-state index in [2.05, 4.69) is 20.2 Å². The van der Waals surface area contributed by atoms with E-state index in [-0.39, 0.29) is 10.7 Å². The molecule has 3 rings (SSSR count). The van der Waals surface area contributed by atoms with E-state index in [1.165, 1.54) is 25.1 Å². The molecule has 1 aromatic heterocycles. The fourth-order valence-electron chi connectivity index (χ4n) is 2.58. The van der Waals surface area contributed by atoms with Crippen molar-refractivity contribution in [2.45, 2.75) is 25.3 Å². The van der Waals surface area contributed by atoms with E-state index in [4.69, 9.17) is 0 Å². The van der Waals surface area contributed by atoms with Crippen molar-refractivity contribution in [3.63, 3.8) is 0 Å². The maximum absolute atomic E-state index is 13.2. The minimum absolute atomic E-state index is 0.00699. The zero-order valence-corrected chi connectivity index (χ0v) is 15.7. The van der Waals surface area contributed by atoms with Crippen molar-refractivity contribution in [1.82, 2.24) is 10.2 Å². The van der Waals surface area contributed by atoms with Gasteiger partial charge in [0.2, 0.25) is 0 Å². The standard InChI is InChI=1S/C19H19FN4O2S/c1-13-5-3-4-6-15(13)12-21-18-9-10-19(23-22-18)24-27(25,26)17-8-7-16(20)11-14(17)2/h3-11H,12H2,1-2H3,(H,21,22)(H,23,24). The lowest BCUT2D eigenvalue weighted by Crippen LogP contribution is -2.16. The summed E-state index contributed by atoms with van der Waals surface area (Å²) in [6.07, 6.45) is 0. The number of nitrogens with one attached hydrogen (secondary N) is 2. The summed E-state index contributed by atoms with van der Waals surface area (Å²) in [6.45, 7) is 4.14. The van der Waals surface area contributed by atoms with Gasteiger partial charge in [-0.25, -0.2) is 12.8 Å². The number of halogens is 1. The highest BCUT2D eigenvalue weighted by Crippen LogP contribution is 2.19. The first kappa shape index (κ1) is 18.8. The van der Waals surface area contributed by atoms with Gasteiger partial charge in [0.25, 0.3) is 10.0 Å². The summed E-state index contributed by atoms with van der Waals surface area (Å²) >= 11 is 0. The molecule has 2 N–H and O–H groups in total. The lowest BCUT2D eigenvalue weighted by molar-refractivity contribution is 0.598. The van der Waals surface area contributed by atoms with Crippen LogP contribution in [0, 0.1) is 19.7 Å². The SMILES string of the molecule is Cc1ccccc1CNc1ccc(NS(=O)(=O)c2ccc(F)cc2C)nn1. The molecular formula is C19H19FN4O2S. The first-order valence-electron chi connectivity index (χ1n) is 8.26. The van der Waals surface area contributed by atoms with Crippen LogP contribution < -0.4 is 10.0 Å². The fourth-order valence-corrected chi connectivity index (χ4v) is 3.81. The Balaban J connectivity index is 1.69. The van der Waals surface area contributed by atoms with Crippen LogP contribution in [-0.2, 0) is 16.6 Å². The second-order valence-electron chi connectivity index (χ2n) is 6.10. The van der Waals surface area contributed by atoms with Crippen LogP contribution in [0.1, 0.15) is 16.7 Å². The maximum Gasteiger partial charge on any atom is 0.263 e. The van der Waals surface area contributed by atoms with Gasteiger partial charge in [0.15, 0.2) is 5.82 Å². The van der Waals surface area contributed by atoms with Gasteiger partial charge in [-0.1, -0.05) is 24.3 Å². The van der Waals surface area contributed by atoms with Crippen LogP contribution in [0.3, 0.4) is 0 Å². The molecule has 27 heavy (non-hydrogen) atoms. The van der Waals surface area contributed by atoms with Gasteiger partial charge in [0, 0.05) is 6.54 Å². The molecule has 0 spiro atoms. The molecule has 0 aliphatic heterocycles. The molecule has 0 bridgehead atoms. The Kier molecular flexibility index (Phi) is 5.36.